The highest BCUT2D eigenvalue weighted by Gasteiger charge is 2.86. The first kappa shape index (κ1) is 7.58. The number of hydrogen-bond donors (Lipinski definition) is 0. The van der Waals surface area contributed by atoms with Crippen molar-refractivity contribution in [2.45, 2.75) is 6.42 Å². The monoisotopic (exact) mass is 170 g/mol. The molecule has 2 aliphatic rings. The van der Waals surface area contributed by atoms with Crippen LogP contribution in [-0.4, -0.2) is 26.2 Å². The SMILES string of the molecule is COC(=O)C1(C(=O)OC)C2CC21. The zero-order valence-corrected chi connectivity index (χ0v) is 6.99. The lowest BCUT2D eigenvalue weighted by atomic mass is 9.95. The Labute approximate surface area is 69.8 Å². The Kier molecular flexibility index (Phi) is 1.26. The van der Waals surface area contributed by atoms with Crippen LogP contribution >= 0.6 is 0 Å². The molecule has 12 heavy (non-hydrogen) atoms. The lowest BCUT2D eigenvalue weighted by Gasteiger charge is -2.15. The highest BCUT2D eigenvalue weighted by Crippen LogP contribution is 2.78. The summed E-state index contributed by atoms with van der Waals surface area (Å²) in [5, 5.41) is 0. The van der Waals surface area contributed by atoms with Gasteiger partial charge < -0.3 is 9.47 Å². The van der Waals surface area contributed by atoms with E-state index in [4.69, 9.17) is 0 Å². The van der Waals surface area contributed by atoms with E-state index in [1.54, 1.807) is 0 Å². The molecule has 0 spiro atoms. The Bertz CT molecular complexity index is 232. The van der Waals surface area contributed by atoms with Gasteiger partial charge in [-0.2, -0.15) is 0 Å². The zero-order valence-electron chi connectivity index (χ0n) is 6.99. The number of carbonyl (C=O) groups is 2. The third-order valence-corrected chi connectivity index (χ3v) is 2.90. The van der Waals surface area contributed by atoms with Gasteiger partial charge in [0, 0.05) is 0 Å². The molecule has 0 aromatic rings. The maximum absolute atomic E-state index is 11.2. The predicted molar refractivity (Wildman–Crippen MR) is 38.1 cm³/mol. The summed E-state index contributed by atoms with van der Waals surface area (Å²) < 4.78 is 9.12. The first-order valence-electron chi connectivity index (χ1n) is 3.86. The molecular weight excluding hydrogens is 160 g/mol. The summed E-state index contributed by atoms with van der Waals surface area (Å²) in [4.78, 5) is 22.4. The number of rotatable bonds is 2. The fourth-order valence-corrected chi connectivity index (χ4v) is 1.97. The molecule has 66 valence electrons. The van der Waals surface area contributed by atoms with Gasteiger partial charge >= 0.3 is 11.9 Å². The van der Waals surface area contributed by atoms with Crippen molar-refractivity contribution in [1.82, 2.24) is 0 Å². The number of carbonyl (C=O) groups excluding carboxylic acids is 2. The summed E-state index contributed by atoms with van der Waals surface area (Å²) in [6.45, 7) is 0. The second-order valence-electron chi connectivity index (χ2n) is 3.30. The minimum absolute atomic E-state index is 0.206. The molecule has 4 nitrogen and oxygen atoms in total. The van der Waals surface area contributed by atoms with Crippen LogP contribution in [0.5, 0.6) is 0 Å². The average Bonchev–Trinajstić information content (AvgIpc) is 2.91. The molecule has 0 heterocycles. The summed E-state index contributed by atoms with van der Waals surface area (Å²) >= 11 is 0. The number of hydrogen-bond acceptors (Lipinski definition) is 4. The van der Waals surface area contributed by atoms with Gasteiger partial charge in [0.15, 0.2) is 5.41 Å². The molecular formula is C8H10O4. The second kappa shape index (κ2) is 2.00. The lowest BCUT2D eigenvalue weighted by Crippen LogP contribution is -2.34. The van der Waals surface area contributed by atoms with Gasteiger partial charge in [0.1, 0.15) is 0 Å². The minimum Gasteiger partial charge on any atom is -0.468 e. The van der Waals surface area contributed by atoms with E-state index >= 15 is 0 Å². The first-order valence-corrected chi connectivity index (χ1v) is 3.86. The maximum Gasteiger partial charge on any atom is 0.323 e. The van der Waals surface area contributed by atoms with Crippen molar-refractivity contribution in [3.63, 3.8) is 0 Å². The van der Waals surface area contributed by atoms with E-state index in [1.165, 1.54) is 14.2 Å². The summed E-state index contributed by atoms with van der Waals surface area (Å²) in [5.74, 6) is -0.457. The van der Waals surface area contributed by atoms with Crippen LogP contribution < -0.4 is 0 Å². The quantitative estimate of drug-likeness (QED) is 0.431. The standard InChI is InChI=1S/C8H10O4/c1-11-6(9)8(7(10)12-2)4-3-5(4)8/h4-5H,3H2,1-2H3. The topological polar surface area (TPSA) is 52.6 Å². The molecule has 2 saturated carbocycles. The van der Waals surface area contributed by atoms with Crippen LogP contribution in [0.1, 0.15) is 6.42 Å². The third-order valence-electron chi connectivity index (χ3n) is 2.90. The Hall–Kier alpha value is -1.06. The molecule has 0 aromatic heterocycles. The maximum atomic E-state index is 11.2. The Morgan fingerprint density at radius 2 is 1.58 bits per heavy atom. The molecule has 0 saturated heterocycles. The molecule has 0 radical (unpaired) electrons. The number of esters is 2. The van der Waals surface area contributed by atoms with Gasteiger partial charge in [0.25, 0.3) is 0 Å². The van der Waals surface area contributed by atoms with Crippen molar-refractivity contribution in [1.29, 1.82) is 0 Å². The Morgan fingerprint density at radius 3 is 1.75 bits per heavy atom. The van der Waals surface area contributed by atoms with Crippen LogP contribution in [0.15, 0.2) is 0 Å². The molecule has 2 atom stereocenters. The summed E-state index contributed by atoms with van der Waals surface area (Å²) in [6.07, 6.45) is 0.963. The van der Waals surface area contributed by atoms with Gasteiger partial charge in [-0.3, -0.25) is 9.59 Å². The molecule has 0 aromatic carbocycles. The van der Waals surface area contributed by atoms with Crippen molar-refractivity contribution < 1.29 is 19.1 Å². The second-order valence-corrected chi connectivity index (χ2v) is 3.30. The smallest absolute Gasteiger partial charge is 0.323 e. The molecule has 2 fully saturated rings. The van der Waals surface area contributed by atoms with E-state index in [0.717, 1.165) is 6.42 Å². The van der Waals surface area contributed by atoms with Crippen LogP contribution in [0.2, 0.25) is 0 Å². The van der Waals surface area contributed by atoms with Crippen molar-refractivity contribution in [3.05, 3.63) is 0 Å². The van der Waals surface area contributed by atoms with Gasteiger partial charge in [0.2, 0.25) is 0 Å². The number of fused-ring (bicyclic) bond motifs is 1. The highest BCUT2D eigenvalue weighted by molar-refractivity contribution is 6.06. The van der Waals surface area contributed by atoms with Crippen LogP contribution in [0.3, 0.4) is 0 Å². The van der Waals surface area contributed by atoms with E-state index in [1.807, 2.05) is 0 Å². The highest BCUT2D eigenvalue weighted by atomic mass is 16.5. The van der Waals surface area contributed by atoms with Gasteiger partial charge in [-0.1, -0.05) is 0 Å². The van der Waals surface area contributed by atoms with Gasteiger partial charge in [0.05, 0.1) is 14.2 Å². The zero-order chi connectivity index (χ0) is 8.93. The van der Waals surface area contributed by atoms with E-state index < -0.39 is 17.4 Å². The lowest BCUT2D eigenvalue weighted by molar-refractivity contribution is -0.164. The molecule has 0 bridgehead atoms. The van der Waals surface area contributed by atoms with Crippen molar-refractivity contribution in [2.75, 3.05) is 14.2 Å². The van der Waals surface area contributed by atoms with Gasteiger partial charge in [-0.05, 0) is 18.3 Å². The van der Waals surface area contributed by atoms with Crippen molar-refractivity contribution in [3.8, 4) is 0 Å². The molecule has 2 rings (SSSR count). The minimum atomic E-state index is -0.899. The van der Waals surface area contributed by atoms with Gasteiger partial charge in [-0.25, -0.2) is 0 Å². The summed E-state index contributed by atoms with van der Waals surface area (Å²) in [5.41, 5.74) is -0.899. The van der Waals surface area contributed by atoms with Crippen LogP contribution in [0.25, 0.3) is 0 Å². The van der Waals surface area contributed by atoms with E-state index in [2.05, 4.69) is 9.47 Å². The largest absolute Gasteiger partial charge is 0.468 e. The molecule has 0 amide bonds. The number of methoxy groups -OCH3 is 2. The van der Waals surface area contributed by atoms with Crippen LogP contribution in [0, 0.1) is 17.3 Å². The third kappa shape index (κ3) is 0.589. The molecule has 2 aliphatic carbocycles. The molecule has 0 aliphatic heterocycles. The van der Waals surface area contributed by atoms with Crippen LogP contribution in [0.4, 0.5) is 0 Å². The fourth-order valence-electron chi connectivity index (χ4n) is 1.97. The van der Waals surface area contributed by atoms with Crippen molar-refractivity contribution in [2.24, 2.45) is 17.3 Å². The van der Waals surface area contributed by atoms with E-state index in [-0.39, 0.29) is 11.8 Å². The average molecular weight is 170 g/mol. The molecule has 2 unspecified atom stereocenters. The first-order chi connectivity index (χ1) is 5.69. The Morgan fingerprint density at radius 1 is 1.17 bits per heavy atom. The molecule has 0 N–H and O–H groups in total. The number of ether oxygens (including phenoxy) is 2. The van der Waals surface area contributed by atoms with Gasteiger partial charge in [-0.15, -0.1) is 0 Å². The summed E-state index contributed by atoms with van der Waals surface area (Å²) in [7, 11) is 2.59. The predicted octanol–water partition coefficient (Wildman–Crippen LogP) is -0.0315. The Balaban J connectivity index is 2.17. The normalized spacial score (nSPS) is 33.2. The summed E-state index contributed by atoms with van der Waals surface area (Å²) in [6, 6.07) is 0. The van der Waals surface area contributed by atoms with Crippen LogP contribution in [-0.2, 0) is 19.1 Å². The van der Waals surface area contributed by atoms with E-state index in [0.29, 0.717) is 0 Å². The fraction of sp³-hybridized carbons (Fsp3) is 0.750. The van der Waals surface area contributed by atoms with Crippen molar-refractivity contribution >= 4 is 11.9 Å². The molecule has 4 heteroatoms. The van der Waals surface area contributed by atoms with E-state index in [9.17, 15) is 9.59 Å².